The van der Waals surface area contributed by atoms with Crippen LogP contribution < -0.4 is 10.9 Å². The number of hydrogen-bond donors (Lipinski definition) is 1. The monoisotopic (exact) mass is 609 g/mol. The standard InChI is InChI=1S/C14H5F17O4S.H3N/c15-7(16,9(19,20)11(23,24)13(27,28)29)8(17,18)10(21,22)12(25,26)14(30,31)35-5-1-3-6(4-2-5)36(32,33)34;/h1-4H,(H,32,33,34);1H3. The molecule has 5 nitrogen and oxygen atoms in total. The normalized spacial score (nSPS) is 15.3. The average molecular weight is 609 g/mol. The lowest BCUT2D eigenvalue weighted by Gasteiger charge is -2.42. The lowest BCUT2D eigenvalue weighted by atomic mass is 9.90. The van der Waals surface area contributed by atoms with Crippen molar-refractivity contribution in [2.45, 2.75) is 52.7 Å². The average Bonchev–Trinajstić information content (AvgIpc) is 2.65. The quantitative estimate of drug-likeness (QED) is 0.262. The first-order valence-electron chi connectivity index (χ1n) is 7.90. The summed E-state index contributed by atoms with van der Waals surface area (Å²) in [5.74, 6) is -52.9. The Morgan fingerprint density at radius 3 is 1.14 bits per heavy atom. The molecule has 0 spiro atoms. The Kier molecular flexibility index (Phi) is 8.60. The van der Waals surface area contributed by atoms with E-state index >= 15 is 0 Å². The maximum Gasteiger partial charge on any atom is 0.471 e. The van der Waals surface area contributed by atoms with Crippen molar-refractivity contribution in [2.24, 2.45) is 0 Å². The topological polar surface area (TPSA) is 103 Å². The van der Waals surface area contributed by atoms with Crippen LogP contribution in [-0.2, 0) is 10.1 Å². The minimum absolute atomic E-state index is 0. The van der Waals surface area contributed by atoms with Gasteiger partial charge in [0.25, 0.3) is 0 Å². The molecule has 1 rings (SSSR count). The first-order valence-corrected chi connectivity index (χ1v) is 9.30. The van der Waals surface area contributed by atoms with E-state index in [9.17, 15) is 87.6 Å². The maximum atomic E-state index is 13.6. The summed E-state index contributed by atoms with van der Waals surface area (Å²) in [6.45, 7) is 0. The number of ether oxygens (including phenoxy) is 1. The van der Waals surface area contributed by atoms with Crippen LogP contribution in [0.5, 0.6) is 5.75 Å². The van der Waals surface area contributed by atoms with Gasteiger partial charge in [-0.3, -0.25) is 0 Å². The molecule has 0 aliphatic carbocycles. The Morgan fingerprint density at radius 2 is 0.838 bits per heavy atom. The molecule has 0 unspecified atom stereocenters. The Balaban J connectivity index is 0.0000130. The van der Waals surface area contributed by atoms with E-state index in [1.807, 2.05) is 0 Å². The van der Waals surface area contributed by atoms with Crippen molar-refractivity contribution >= 4 is 10.1 Å². The van der Waals surface area contributed by atoms with E-state index in [1.165, 1.54) is 0 Å². The molecule has 23 heteroatoms. The summed E-state index contributed by atoms with van der Waals surface area (Å²) in [7, 11) is -5.34. The minimum Gasteiger partial charge on any atom is -0.744 e. The SMILES string of the molecule is O=S(=O)([O-])c1ccc(OC(F)(F)C(F)(F)C(F)(F)C(F)(F)C(F)(F)C(F)(F)C(F)(F)C(F)(F)F)cc1.[NH4+]. The molecule has 0 aliphatic rings. The number of rotatable bonds is 9. The lowest BCUT2D eigenvalue weighted by Crippen LogP contribution is -2.74. The van der Waals surface area contributed by atoms with E-state index in [1.54, 1.807) is 0 Å². The van der Waals surface area contributed by atoms with Crippen molar-refractivity contribution in [3.05, 3.63) is 24.3 Å². The second-order valence-corrected chi connectivity index (χ2v) is 7.87. The third-order valence-corrected chi connectivity index (χ3v) is 4.90. The fraction of sp³-hybridized carbons (Fsp3) is 0.571. The molecular formula is C14H8F17NO4S. The van der Waals surface area contributed by atoms with Crippen molar-refractivity contribution < 1.29 is 92.3 Å². The molecule has 0 saturated carbocycles. The highest BCUT2D eigenvalue weighted by Gasteiger charge is 2.95. The third-order valence-electron chi connectivity index (χ3n) is 4.05. The third kappa shape index (κ3) is 5.07. The first-order chi connectivity index (χ1) is 15.4. The van der Waals surface area contributed by atoms with Crippen molar-refractivity contribution in [3.8, 4) is 5.75 Å². The Labute approximate surface area is 192 Å². The predicted octanol–water partition coefficient (Wildman–Crippen LogP) is 6.31. The summed E-state index contributed by atoms with van der Waals surface area (Å²) in [6, 6.07) is -0.353. The van der Waals surface area contributed by atoms with Crippen LogP contribution in [-0.4, -0.2) is 60.8 Å². The zero-order chi connectivity index (χ0) is 29.2. The van der Waals surface area contributed by atoms with Gasteiger partial charge in [-0.25, -0.2) is 8.42 Å². The van der Waals surface area contributed by atoms with Crippen LogP contribution in [0.2, 0.25) is 0 Å². The van der Waals surface area contributed by atoms with Crippen molar-refractivity contribution in [2.75, 3.05) is 0 Å². The van der Waals surface area contributed by atoms with Gasteiger partial charge in [0, 0.05) is 0 Å². The van der Waals surface area contributed by atoms with Gasteiger partial charge >= 0.3 is 47.8 Å². The molecule has 0 atom stereocenters. The van der Waals surface area contributed by atoms with Crippen LogP contribution in [0.1, 0.15) is 0 Å². The van der Waals surface area contributed by atoms with Gasteiger partial charge in [0.2, 0.25) is 0 Å². The highest BCUT2D eigenvalue weighted by molar-refractivity contribution is 7.85. The number of quaternary nitrogens is 1. The smallest absolute Gasteiger partial charge is 0.471 e. The van der Waals surface area contributed by atoms with Crippen molar-refractivity contribution in [3.63, 3.8) is 0 Å². The summed E-state index contributed by atoms with van der Waals surface area (Å²) in [4.78, 5) is -1.30. The molecule has 1 aromatic rings. The van der Waals surface area contributed by atoms with Crippen molar-refractivity contribution in [1.82, 2.24) is 6.15 Å². The Bertz CT molecular complexity index is 1070. The molecular weight excluding hydrogens is 601 g/mol. The number of alkyl halides is 17. The molecule has 0 saturated heterocycles. The second-order valence-electron chi connectivity index (χ2n) is 6.49. The highest BCUT2D eigenvalue weighted by atomic mass is 32.2. The summed E-state index contributed by atoms with van der Waals surface area (Å²) in [5, 5.41) is 0. The molecule has 0 radical (unpaired) electrons. The summed E-state index contributed by atoms with van der Waals surface area (Å²) in [5.41, 5.74) is 0. The van der Waals surface area contributed by atoms with Gasteiger partial charge < -0.3 is 15.4 Å². The van der Waals surface area contributed by atoms with Crippen LogP contribution in [0.3, 0.4) is 0 Å². The van der Waals surface area contributed by atoms with E-state index in [0.29, 0.717) is 0 Å². The highest BCUT2D eigenvalue weighted by Crippen LogP contribution is 2.64. The van der Waals surface area contributed by atoms with Gasteiger partial charge in [0.05, 0.1) is 4.90 Å². The van der Waals surface area contributed by atoms with Gasteiger partial charge in [-0.05, 0) is 24.3 Å². The molecule has 0 amide bonds. The molecule has 0 aromatic heterocycles. The van der Waals surface area contributed by atoms with E-state index in [0.717, 1.165) is 0 Å². The zero-order valence-electron chi connectivity index (χ0n) is 16.8. The molecule has 1 aromatic carbocycles. The Hall–Kier alpha value is -2.30. The fourth-order valence-corrected chi connectivity index (χ4v) is 2.51. The fourth-order valence-electron chi connectivity index (χ4n) is 2.04. The van der Waals surface area contributed by atoms with Crippen molar-refractivity contribution in [1.29, 1.82) is 0 Å². The van der Waals surface area contributed by atoms with E-state index in [4.69, 9.17) is 0 Å². The van der Waals surface area contributed by atoms with Crippen LogP contribution in [0.15, 0.2) is 29.2 Å². The lowest BCUT2D eigenvalue weighted by molar-refractivity contribution is -0.471. The van der Waals surface area contributed by atoms with Crippen LogP contribution in [0, 0.1) is 0 Å². The van der Waals surface area contributed by atoms with E-state index in [-0.39, 0.29) is 30.4 Å². The molecule has 0 bridgehead atoms. The van der Waals surface area contributed by atoms with E-state index < -0.39 is 68.6 Å². The largest absolute Gasteiger partial charge is 0.744 e. The van der Waals surface area contributed by atoms with Gasteiger partial charge in [-0.1, -0.05) is 0 Å². The van der Waals surface area contributed by atoms with Gasteiger partial charge in [0.1, 0.15) is 15.9 Å². The first kappa shape index (κ1) is 34.7. The van der Waals surface area contributed by atoms with Crippen LogP contribution >= 0.6 is 0 Å². The number of benzene rings is 1. The molecule has 218 valence electrons. The molecule has 0 aliphatic heterocycles. The zero-order valence-corrected chi connectivity index (χ0v) is 17.6. The van der Waals surface area contributed by atoms with E-state index in [2.05, 4.69) is 4.74 Å². The molecule has 4 N–H and O–H groups in total. The summed E-state index contributed by atoms with van der Waals surface area (Å²) in [6.07, 6.45) is -15.0. The summed E-state index contributed by atoms with van der Waals surface area (Å²) >= 11 is 0. The molecule has 0 heterocycles. The maximum absolute atomic E-state index is 13.6. The Morgan fingerprint density at radius 1 is 0.541 bits per heavy atom. The number of hydrogen-bond acceptors (Lipinski definition) is 4. The molecule has 37 heavy (non-hydrogen) atoms. The van der Waals surface area contributed by atoms with Gasteiger partial charge in [-0.2, -0.15) is 74.6 Å². The second kappa shape index (κ2) is 9.17. The number of halogens is 17. The van der Waals surface area contributed by atoms with Crippen LogP contribution in [0.4, 0.5) is 74.6 Å². The van der Waals surface area contributed by atoms with Gasteiger partial charge in [0.15, 0.2) is 0 Å². The minimum atomic E-state index is -8.77. The predicted molar refractivity (Wildman–Crippen MR) is 81.7 cm³/mol. The van der Waals surface area contributed by atoms with Crippen LogP contribution in [0.25, 0.3) is 0 Å². The summed E-state index contributed by atoms with van der Waals surface area (Å²) < 4.78 is 258. The molecule has 0 fully saturated rings. The van der Waals surface area contributed by atoms with Gasteiger partial charge in [-0.15, -0.1) is 0 Å².